The van der Waals surface area contributed by atoms with Gasteiger partial charge in [-0.05, 0) is 36.8 Å². The number of hydrogen-bond donors (Lipinski definition) is 1. The monoisotopic (exact) mass is 425 g/mol. The van der Waals surface area contributed by atoms with Gasteiger partial charge in [-0.3, -0.25) is 4.79 Å². The first-order chi connectivity index (χ1) is 13.7. The van der Waals surface area contributed by atoms with E-state index in [0.29, 0.717) is 11.4 Å². The maximum atomic E-state index is 12.5. The van der Waals surface area contributed by atoms with Crippen molar-refractivity contribution in [2.24, 2.45) is 0 Å². The zero-order valence-corrected chi connectivity index (χ0v) is 16.5. The Labute approximate surface area is 167 Å². The Bertz CT molecular complexity index is 936. The molecule has 2 heterocycles. The lowest BCUT2D eigenvalue weighted by atomic mass is 10.1. The lowest BCUT2D eigenvalue weighted by Gasteiger charge is -2.26. The molecule has 7 nitrogen and oxygen atoms in total. The standard InChI is InChI=1S/C19H21F2N3O4S/c1-13(14-2-5-16(6-3-14)28-19(20)21)23-17-7-4-15(12-22-17)18(25)24-8-10-29(26,27)11-9-24/h2-7,12-13,19H,8-11H2,1H3,(H,22,23). The maximum Gasteiger partial charge on any atom is 0.387 e. The minimum atomic E-state index is -3.05. The van der Waals surface area contributed by atoms with Gasteiger partial charge in [0.1, 0.15) is 11.6 Å². The number of aromatic nitrogens is 1. The molecule has 1 aliphatic heterocycles. The molecule has 1 atom stereocenters. The topological polar surface area (TPSA) is 88.6 Å². The fourth-order valence-electron chi connectivity index (χ4n) is 2.95. The van der Waals surface area contributed by atoms with Crippen LogP contribution in [0.25, 0.3) is 0 Å². The molecule has 1 aromatic carbocycles. The van der Waals surface area contributed by atoms with E-state index in [9.17, 15) is 22.0 Å². The average Bonchev–Trinajstić information content (AvgIpc) is 2.68. The second-order valence-electron chi connectivity index (χ2n) is 6.69. The number of sulfone groups is 1. The smallest absolute Gasteiger partial charge is 0.387 e. The largest absolute Gasteiger partial charge is 0.435 e. The van der Waals surface area contributed by atoms with Crippen molar-refractivity contribution >= 4 is 21.6 Å². The Balaban J connectivity index is 1.59. The molecule has 0 aliphatic carbocycles. The molecule has 0 bridgehead atoms. The van der Waals surface area contributed by atoms with Crippen LogP contribution in [0, 0.1) is 0 Å². The Kier molecular flexibility index (Phi) is 6.31. The molecule has 1 aromatic heterocycles. The Morgan fingerprint density at radius 2 is 1.79 bits per heavy atom. The number of pyridine rings is 1. The second-order valence-corrected chi connectivity index (χ2v) is 8.99. The minimum absolute atomic E-state index is 0.0233. The van der Waals surface area contributed by atoms with Crippen LogP contribution in [0.3, 0.4) is 0 Å². The summed E-state index contributed by atoms with van der Waals surface area (Å²) in [6.45, 7) is -0.610. The number of anilines is 1. The predicted octanol–water partition coefficient (Wildman–Crippen LogP) is 2.73. The van der Waals surface area contributed by atoms with Crippen LogP contribution in [0.4, 0.5) is 14.6 Å². The molecule has 10 heteroatoms. The van der Waals surface area contributed by atoms with Crippen LogP contribution in [-0.2, 0) is 9.84 Å². The summed E-state index contributed by atoms with van der Waals surface area (Å²) in [5.74, 6) is 0.335. The Morgan fingerprint density at radius 3 is 2.34 bits per heavy atom. The van der Waals surface area contributed by atoms with Crippen molar-refractivity contribution in [1.29, 1.82) is 0 Å². The third kappa shape index (κ3) is 5.63. The highest BCUT2D eigenvalue weighted by molar-refractivity contribution is 7.91. The highest BCUT2D eigenvalue weighted by atomic mass is 32.2. The van der Waals surface area contributed by atoms with Gasteiger partial charge >= 0.3 is 6.61 Å². The molecule has 29 heavy (non-hydrogen) atoms. The third-order valence-corrected chi connectivity index (χ3v) is 6.22. The van der Waals surface area contributed by atoms with E-state index >= 15 is 0 Å². The van der Waals surface area contributed by atoms with Crippen LogP contribution < -0.4 is 10.1 Å². The number of nitrogens with zero attached hydrogens (tertiary/aromatic N) is 2. The first-order valence-corrected chi connectivity index (χ1v) is 10.8. The number of alkyl halides is 2. The van der Waals surface area contributed by atoms with E-state index in [2.05, 4.69) is 15.0 Å². The van der Waals surface area contributed by atoms with Crippen LogP contribution in [0.5, 0.6) is 5.75 Å². The number of rotatable bonds is 6. The van der Waals surface area contributed by atoms with E-state index in [1.807, 2.05) is 6.92 Å². The minimum Gasteiger partial charge on any atom is -0.435 e. The van der Waals surface area contributed by atoms with Gasteiger partial charge in [-0.1, -0.05) is 12.1 Å². The normalized spacial score (nSPS) is 17.0. The number of hydrogen-bond acceptors (Lipinski definition) is 6. The Morgan fingerprint density at radius 1 is 1.14 bits per heavy atom. The summed E-state index contributed by atoms with van der Waals surface area (Å²) in [7, 11) is -3.05. The number of nitrogens with one attached hydrogen (secondary N) is 1. The molecule has 1 saturated heterocycles. The van der Waals surface area contributed by atoms with Gasteiger partial charge in [-0.2, -0.15) is 8.78 Å². The van der Waals surface area contributed by atoms with E-state index < -0.39 is 16.4 Å². The van der Waals surface area contributed by atoms with E-state index in [0.717, 1.165) is 5.56 Å². The molecule has 156 valence electrons. The fraction of sp³-hybridized carbons (Fsp3) is 0.368. The van der Waals surface area contributed by atoms with Gasteiger partial charge in [0.05, 0.1) is 17.1 Å². The van der Waals surface area contributed by atoms with Gasteiger partial charge in [0.15, 0.2) is 9.84 Å². The summed E-state index contributed by atoms with van der Waals surface area (Å²) in [4.78, 5) is 18.2. The van der Waals surface area contributed by atoms with Crippen molar-refractivity contribution in [3.63, 3.8) is 0 Å². The average molecular weight is 425 g/mol. The van der Waals surface area contributed by atoms with Crippen LogP contribution in [0.2, 0.25) is 0 Å². The van der Waals surface area contributed by atoms with E-state index in [1.54, 1.807) is 24.3 Å². The lowest BCUT2D eigenvalue weighted by molar-refractivity contribution is -0.0498. The maximum absolute atomic E-state index is 12.5. The lowest BCUT2D eigenvalue weighted by Crippen LogP contribution is -2.43. The molecule has 2 aromatic rings. The first kappa shape index (κ1) is 21.0. The summed E-state index contributed by atoms with van der Waals surface area (Å²) in [6.07, 6.45) is 1.44. The fourth-order valence-corrected chi connectivity index (χ4v) is 4.15. The van der Waals surface area contributed by atoms with Gasteiger partial charge in [0.25, 0.3) is 5.91 Å². The van der Waals surface area contributed by atoms with Crippen molar-refractivity contribution in [2.45, 2.75) is 19.6 Å². The Hall–Kier alpha value is -2.75. The van der Waals surface area contributed by atoms with Crippen LogP contribution in [0.1, 0.15) is 28.9 Å². The predicted molar refractivity (Wildman–Crippen MR) is 104 cm³/mol. The van der Waals surface area contributed by atoms with Gasteiger partial charge in [0, 0.05) is 25.3 Å². The number of halogens is 2. The van der Waals surface area contributed by atoms with E-state index in [4.69, 9.17) is 0 Å². The van der Waals surface area contributed by atoms with E-state index in [1.165, 1.54) is 23.2 Å². The SMILES string of the molecule is CC(Nc1ccc(C(=O)N2CCS(=O)(=O)CC2)cn1)c1ccc(OC(F)F)cc1. The molecule has 1 unspecified atom stereocenters. The summed E-state index contributed by atoms with van der Waals surface area (Å²) in [6, 6.07) is 9.43. The molecular formula is C19H21F2N3O4S. The molecule has 1 N–H and O–H groups in total. The van der Waals surface area contributed by atoms with Gasteiger partial charge < -0.3 is 15.0 Å². The second kappa shape index (κ2) is 8.73. The van der Waals surface area contributed by atoms with Crippen LogP contribution >= 0.6 is 0 Å². The number of carbonyl (C=O) groups excluding carboxylic acids is 1. The molecule has 1 aliphatic rings. The summed E-state index contributed by atoms with van der Waals surface area (Å²) in [5, 5.41) is 3.17. The molecule has 0 saturated carbocycles. The molecular weight excluding hydrogens is 404 g/mol. The summed E-state index contributed by atoms with van der Waals surface area (Å²) >= 11 is 0. The number of carbonyl (C=O) groups is 1. The highest BCUT2D eigenvalue weighted by Crippen LogP contribution is 2.22. The van der Waals surface area contributed by atoms with Gasteiger partial charge in [0.2, 0.25) is 0 Å². The third-order valence-electron chi connectivity index (χ3n) is 4.61. The highest BCUT2D eigenvalue weighted by Gasteiger charge is 2.25. The molecule has 1 fully saturated rings. The molecule has 3 rings (SSSR count). The quantitative estimate of drug-likeness (QED) is 0.766. The molecule has 1 amide bonds. The molecule has 0 radical (unpaired) electrons. The van der Waals surface area contributed by atoms with Crippen molar-refractivity contribution in [2.75, 3.05) is 29.9 Å². The van der Waals surface area contributed by atoms with Crippen LogP contribution in [0.15, 0.2) is 42.6 Å². The van der Waals surface area contributed by atoms with Crippen molar-refractivity contribution < 1.29 is 26.7 Å². The van der Waals surface area contributed by atoms with Crippen molar-refractivity contribution in [1.82, 2.24) is 9.88 Å². The van der Waals surface area contributed by atoms with E-state index in [-0.39, 0.29) is 42.3 Å². The van der Waals surface area contributed by atoms with Crippen molar-refractivity contribution in [3.8, 4) is 5.75 Å². The number of amides is 1. The number of benzene rings is 1. The summed E-state index contributed by atoms with van der Waals surface area (Å²) in [5.41, 5.74) is 1.24. The number of ether oxygens (including phenoxy) is 1. The van der Waals surface area contributed by atoms with Crippen molar-refractivity contribution in [3.05, 3.63) is 53.7 Å². The summed E-state index contributed by atoms with van der Waals surface area (Å²) < 4.78 is 51.7. The zero-order valence-electron chi connectivity index (χ0n) is 15.7. The van der Waals surface area contributed by atoms with Gasteiger partial charge in [-0.15, -0.1) is 0 Å². The molecule has 0 spiro atoms. The van der Waals surface area contributed by atoms with Crippen LogP contribution in [-0.4, -0.2) is 55.4 Å². The zero-order chi connectivity index (χ0) is 21.0. The first-order valence-electron chi connectivity index (χ1n) is 9.00. The van der Waals surface area contributed by atoms with Gasteiger partial charge in [-0.25, -0.2) is 13.4 Å².